The number of halogens is 3. The van der Waals surface area contributed by atoms with Crippen molar-refractivity contribution in [3.8, 4) is 11.5 Å². The monoisotopic (exact) mass is 643 g/mol. The van der Waals surface area contributed by atoms with Crippen LogP contribution in [0, 0.1) is 10.1 Å². The summed E-state index contributed by atoms with van der Waals surface area (Å²) >= 11 is 0. The molecule has 2 N–H and O–H groups in total. The van der Waals surface area contributed by atoms with E-state index in [-0.39, 0.29) is 53.6 Å². The highest BCUT2D eigenvalue weighted by Gasteiger charge is 2.56. The summed E-state index contributed by atoms with van der Waals surface area (Å²) in [4.78, 5) is 35.1. The summed E-state index contributed by atoms with van der Waals surface area (Å²) in [5.74, 6) is -0.949. The van der Waals surface area contributed by atoms with Gasteiger partial charge in [0.25, 0.3) is 11.6 Å². The van der Waals surface area contributed by atoms with Crippen LogP contribution in [-0.4, -0.2) is 59.5 Å². The van der Waals surface area contributed by atoms with Crippen LogP contribution in [0.1, 0.15) is 30.0 Å². The van der Waals surface area contributed by atoms with E-state index in [1.807, 2.05) is 0 Å². The fourth-order valence-electron chi connectivity index (χ4n) is 4.87. The van der Waals surface area contributed by atoms with Crippen LogP contribution in [0.15, 0.2) is 72.9 Å². The average Bonchev–Trinajstić information content (AvgIpc) is 3.39. The van der Waals surface area contributed by atoms with E-state index < -0.39 is 41.3 Å². The van der Waals surface area contributed by atoms with Crippen LogP contribution >= 0.6 is 0 Å². The molecule has 1 amide bonds. The number of rotatable bonds is 14. The first kappa shape index (κ1) is 33.8. The number of ether oxygens (including phenoxy) is 3. The van der Waals surface area contributed by atoms with Crippen molar-refractivity contribution >= 4 is 28.5 Å². The average molecular weight is 644 g/mol. The van der Waals surface area contributed by atoms with Gasteiger partial charge in [0.05, 0.1) is 30.7 Å². The zero-order chi connectivity index (χ0) is 33.5. The van der Waals surface area contributed by atoms with Crippen LogP contribution < -0.4 is 14.8 Å². The number of aliphatic hydroxyl groups is 1. The Morgan fingerprint density at radius 2 is 1.76 bits per heavy atom. The lowest BCUT2D eigenvalue weighted by Crippen LogP contribution is -2.51. The molecule has 1 aromatic heterocycles. The molecule has 46 heavy (non-hydrogen) atoms. The third kappa shape index (κ3) is 7.75. The number of aromatic nitrogens is 1. The van der Waals surface area contributed by atoms with Gasteiger partial charge in [0.15, 0.2) is 18.1 Å². The summed E-state index contributed by atoms with van der Waals surface area (Å²) in [6.45, 7) is 0.0720. The number of non-ortho nitro benzene ring substituents is 1. The Hall–Kier alpha value is -5.11. The van der Waals surface area contributed by atoms with E-state index in [2.05, 4.69) is 5.32 Å². The van der Waals surface area contributed by atoms with Gasteiger partial charge in [0.1, 0.15) is 0 Å². The van der Waals surface area contributed by atoms with Gasteiger partial charge < -0.3 is 29.2 Å². The zero-order valence-corrected chi connectivity index (χ0v) is 25.0. The van der Waals surface area contributed by atoms with Crippen LogP contribution in [0.4, 0.5) is 18.9 Å². The van der Waals surface area contributed by atoms with E-state index in [9.17, 15) is 38.0 Å². The molecule has 0 saturated heterocycles. The van der Waals surface area contributed by atoms with E-state index >= 15 is 0 Å². The zero-order valence-electron chi connectivity index (χ0n) is 25.0. The Kier molecular flexibility index (Phi) is 10.5. The predicted molar refractivity (Wildman–Crippen MR) is 161 cm³/mol. The Morgan fingerprint density at radius 3 is 2.41 bits per heavy atom. The van der Waals surface area contributed by atoms with Crippen molar-refractivity contribution in [1.29, 1.82) is 0 Å². The minimum Gasteiger partial charge on any atom is -0.493 e. The largest absolute Gasteiger partial charge is 0.493 e. The fraction of sp³-hybridized carbons (Fsp3) is 0.312. The van der Waals surface area contributed by atoms with Gasteiger partial charge in [-0.05, 0) is 42.7 Å². The van der Waals surface area contributed by atoms with Crippen LogP contribution in [0.25, 0.3) is 10.9 Å². The van der Waals surface area contributed by atoms with Gasteiger partial charge in [-0.15, -0.1) is 0 Å². The highest BCUT2D eigenvalue weighted by molar-refractivity contribution is 5.87. The number of nitrogens with one attached hydrogen (secondary N) is 1. The molecule has 0 bridgehead atoms. The quantitative estimate of drug-likeness (QED) is 0.111. The fourth-order valence-corrected chi connectivity index (χ4v) is 4.87. The number of carbonyl (C=O) groups is 2. The first-order chi connectivity index (χ1) is 21.9. The number of benzene rings is 3. The molecule has 4 rings (SSSR count). The molecule has 11 nitrogen and oxygen atoms in total. The van der Waals surface area contributed by atoms with Crippen LogP contribution in [0.2, 0.25) is 0 Å². The Labute approximate surface area is 261 Å². The van der Waals surface area contributed by atoms with Gasteiger partial charge in [-0.2, -0.15) is 13.2 Å². The number of nitro groups is 1. The molecule has 0 fully saturated rings. The van der Waals surface area contributed by atoms with Crippen molar-refractivity contribution in [2.24, 2.45) is 0 Å². The van der Waals surface area contributed by atoms with Crippen molar-refractivity contribution in [2.45, 2.75) is 38.1 Å². The summed E-state index contributed by atoms with van der Waals surface area (Å²) < 4.78 is 60.8. The molecule has 244 valence electrons. The van der Waals surface area contributed by atoms with Gasteiger partial charge in [-0.25, -0.2) is 0 Å². The van der Waals surface area contributed by atoms with E-state index in [0.29, 0.717) is 12.0 Å². The third-order valence-electron chi connectivity index (χ3n) is 7.24. The van der Waals surface area contributed by atoms with Crippen molar-refractivity contribution in [3.05, 3.63) is 99.7 Å². The molecule has 3 aromatic carbocycles. The molecule has 0 saturated carbocycles. The number of esters is 1. The second-order valence-electron chi connectivity index (χ2n) is 10.3. The molecule has 0 aliphatic carbocycles. The third-order valence-corrected chi connectivity index (χ3v) is 7.24. The smallest absolute Gasteiger partial charge is 0.423 e. The second kappa shape index (κ2) is 14.3. The SMILES string of the molecule is CCOC(=O)CCc1ccc(OCC(=O)NCC(O)(c2cn(Cc3ccccc3)c3cc([N+](=O)[O-])ccc23)C(F)(F)F)c(OC)c1. The van der Waals surface area contributed by atoms with Crippen molar-refractivity contribution < 1.29 is 47.0 Å². The number of amides is 1. The van der Waals surface area contributed by atoms with Crippen molar-refractivity contribution in [1.82, 2.24) is 9.88 Å². The lowest BCUT2D eigenvalue weighted by atomic mass is 9.92. The number of carbonyl (C=O) groups excluding carboxylic acids is 2. The van der Waals surface area contributed by atoms with E-state index in [1.165, 1.54) is 17.7 Å². The lowest BCUT2D eigenvalue weighted by molar-refractivity contribution is -0.384. The summed E-state index contributed by atoms with van der Waals surface area (Å²) in [5.41, 5.74) is -2.94. The molecular formula is C32H32F3N3O8. The lowest BCUT2D eigenvalue weighted by Gasteiger charge is -2.30. The molecule has 1 heterocycles. The first-order valence-corrected chi connectivity index (χ1v) is 14.2. The van der Waals surface area contributed by atoms with Gasteiger partial charge >= 0.3 is 12.1 Å². The topological polar surface area (TPSA) is 142 Å². The number of hydrogen-bond acceptors (Lipinski definition) is 8. The molecular weight excluding hydrogens is 611 g/mol. The van der Waals surface area contributed by atoms with Gasteiger partial charge in [0.2, 0.25) is 5.60 Å². The van der Waals surface area contributed by atoms with E-state index in [1.54, 1.807) is 49.4 Å². The number of methoxy groups -OCH3 is 1. The number of nitrogens with zero attached hydrogens (tertiary/aromatic N) is 2. The summed E-state index contributed by atoms with van der Waals surface area (Å²) in [6.07, 6.45) is -3.66. The van der Waals surface area contributed by atoms with Crippen LogP contribution in [0.5, 0.6) is 11.5 Å². The summed E-state index contributed by atoms with van der Waals surface area (Å²) in [5, 5.41) is 24.6. The standard InChI is InChI=1S/C32H32F3N3O8/c1-3-45-30(40)14-10-21-9-13-27(28(15-21)44-2)46-19-29(39)36-20-31(41,32(33,34)35)25-18-37(17-22-7-5-4-6-8-22)26-16-23(38(42)43)11-12-24(25)26/h4-9,11-13,15-16,18,41H,3,10,14,17,19-20H2,1-2H3,(H,36,39). The highest BCUT2D eigenvalue weighted by atomic mass is 19.4. The van der Waals surface area contributed by atoms with Gasteiger partial charge in [-0.1, -0.05) is 36.4 Å². The first-order valence-electron chi connectivity index (χ1n) is 14.2. The Morgan fingerprint density at radius 1 is 1.02 bits per heavy atom. The Bertz CT molecular complexity index is 1710. The van der Waals surface area contributed by atoms with Gasteiger partial charge in [0, 0.05) is 42.2 Å². The van der Waals surface area contributed by atoms with Crippen LogP contribution in [0.3, 0.4) is 0 Å². The number of aryl methyl sites for hydroxylation is 1. The number of fused-ring (bicyclic) bond motifs is 1. The maximum atomic E-state index is 14.6. The van der Waals surface area contributed by atoms with E-state index in [0.717, 1.165) is 30.0 Å². The minimum atomic E-state index is -5.25. The molecule has 0 aliphatic heterocycles. The summed E-state index contributed by atoms with van der Waals surface area (Å²) in [7, 11) is 1.36. The molecule has 0 radical (unpaired) electrons. The maximum absolute atomic E-state index is 14.6. The predicted octanol–water partition coefficient (Wildman–Crippen LogP) is 5.05. The minimum absolute atomic E-state index is 0.0656. The Balaban J connectivity index is 1.53. The van der Waals surface area contributed by atoms with Crippen molar-refractivity contribution in [2.75, 3.05) is 26.9 Å². The number of alkyl halides is 3. The highest BCUT2D eigenvalue weighted by Crippen LogP contribution is 2.43. The molecule has 1 atom stereocenters. The summed E-state index contributed by atoms with van der Waals surface area (Å²) in [6, 6.07) is 16.8. The van der Waals surface area contributed by atoms with Crippen LogP contribution in [-0.2, 0) is 32.9 Å². The molecule has 1 unspecified atom stereocenters. The van der Waals surface area contributed by atoms with Crippen molar-refractivity contribution in [3.63, 3.8) is 0 Å². The molecule has 0 aliphatic rings. The van der Waals surface area contributed by atoms with Gasteiger partial charge in [-0.3, -0.25) is 19.7 Å². The normalized spacial score (nSPS) is 12.7. The second-order valence-corrected chi connectivity index (χ2v) is 10.3. The molecule has 4 aromatic rings. The number of nitro benzene ring substituents is 1. The number of hydrogen-bond donors (Lipinski definition) is 2. The molecule has 0 spiro atoms. The maximum Gasteiger partial charge on any atom is 0.423 e. The molecule has 14 heteroatoms. The van der Waals surface area contributed by atoms with E-state index in [4.69, 9.17) is 14.2 Å².